The standard InChI is InChI=1S/C11H9F4NO2/c1-16(8-4-2-7(12)3-5-8)9(17)10(6-18-10)11(13,14)15/h2-5H,6H2,1H3/t10-/m1/s1. The van der Waals surface area contributed by atoms with Gasteiger partial charge in [-0.1, -0.05) is 0 Å². The molecule has 1 aliphatic heterocycles. The molecule has 0 aromatic heterocycles. The van der Waals surface area contributed by atoms with E-state index in [9.17, 15) is 22.4 Å². The fourth-order valence-corrected chi connectivity index (χ4v) is 1.53. The monoisotopic (exact) mass is 263 g/mol. The Labute approximate surface area is 99.9 Å². The van der Waals surface area contributed by atoms with Crippen LogP contribution < -0.4 is 4.90 Å². The number of halogens is 4. The Morgan fingerprint density at radius 2 is 1.83 bits per heavy atom. The molecule has 0 saturated carbocycles. The van der Waals surface area contributed by atoms with Crippen molar-refractivity contribution in [3.63, 3.8) is 0 Å². The van der Waals surface area contributed by atoms with Crippen LogP contribution in [0.2, 0.25) is 0 Å². The van der Waals surface area contributed by atoms with Gasteiger partial charge in [0.25, 0.3) is 11.5 Å². The summed E-state index contributed by atoms with van der Waals surface area (Å²) in [4.78, 5) is 12.6. The van der Waals surface area contributed by atoms with E-state index in [0.29, 0.717) is 0 Å². The summed E-state index contributed by atoms with van der Waals surface area (Å²) in [6.07, 6.45) is -4.75. The summed E-state index contributed by atoms with van der Waals surface area (Å²) in [5, 5.41) is 0. The van der Waals surface area contributed by atoms with E-state index in [1.165, 1.54) is 19.2 Å². The molecule has 7 heteroatoms. The molecule has 0 bridgehead atoms. The van der Waals surface area contributed by atoms with Crippen LogP contribution in [0.5, 0.6) is 0 Å². The molecule has 1 saturated heterocycles. The van der Waals surface area contributed by atoms with Crippen LogP contribution in [-0.2, 0) is 9.53 Å². The van der Waals surface area contributed by atoms with Crippen molar-refractivity contribution in [1.82, 2.24) is 0 Å². The quantitative estimate of drug-likeness (QED) is 0.605. The van der Waals surface area contributed by atoms with Gasteiger partial charge in [-0.15, -0.1) is 0 Å². The Kier molecular flexibility index (Phi) is 2.81. The Bertz CT molecular complexity index is 465. The summed E-state index contributed by atoms with van der Waals surface area (Å²) in [5.74, 6) is -1.74. The zero-order chi connectivity index (χ0) is 13.6. The Hall–Kier alpha value is -1.63. The van der Waals surface area contributed by atoms with E-state index < -0.39 is 30.1 Å². The summed E-state index contributed by atoms with van der Waals surface area (Å²) in [7, 11) is 1.19. The van der Waals surface area contributed by atoms with Crippen molar-refractivity contribution in [2.24, 2.45) is 0 Å². The largest absolute Gasteiger partial charge is 0.429 e. The molecule has 0 radical (unpaired) electrons. The molecule has 0 aliphatic carbocycles. The van der Waals surface area contributed by atoms with Crippen molar-refractivity contribution in [2.75, 3.05) is 18.6 Å². The summed E-state index contributed by atoms with van der Waals surface area (Å²) < 4.78 is 54.9. The van der Waals surface area contributed by atoms with Crippen LogP contribution >= 0.6 is 0 Å². The van der Waals surface area contributed by atoms with E-state index in [-0.39, 0.29) is 5.69 Å². The molecule has 2 rings (SSSR count). The first kappa shape index (κ1) is 12.8. The number of nitrogens with zero attached hydrogens (tertiary/aromatic N) is 1. The SMILES string of the molecule is CN(C(=O)[C@@]1(C(F)(F)F)CO1)c1ccc(F)cc1. The highest BCUT2D eigenvalue weighted by atomic mass is 19.4. The van der Waals surface area contributed by atoms with Crippen LogP contribution in [0, 0.1) is 5.82 Å². The minimum absolute atomic E-state index is 0.167. The van der Waals surface area contributed by atoms with Crippen LogP contribution in [-0.4, -0.2) is 31.3 Å². The maximum Gasteiger partial charge on any atom is 0.429 e. The molecule has 1 aliphatic rings. The average Bonchev–Trinajstić information content (AvgIpc) is 3.08. The summed E-state index contributed by atoms with van der Waals surface area (Å²) in [5.41, 5.74) is -2.57. The van der Waals surface area contributed by atoms with Gasteiger partial charge in [-0.2, -0.15) is 13.2 Å². The molecule has 1 aromatic carbocycles. The Balaban J connectivity index is 2.22. The smallest absolute Gasteiger partial charge is 0.351 e. The van der Waals surface area contributed by atoms with Crippen LogP contribution in [0.1, 0.15) is 0 Å². The first-order chi connectivity index (χ1) is 8.28. The molecule has 98 valence electrons. The summed E-state index contributed by atoms with van der Waals surface area (Å²) in [6.45, 7) is -0.680. The lowest BCUT2D eigenvalue weighted by Gasteiger charge is -2.23. The van der Waals surface area contributed by atoms with Crippen LogP contribution in [0.15, 0.2) is 24.3 Å². The predicted octanol–water partition coefficient (Wildman–Crippen LogP) is 2.12. The third-order valence-corrected chi connectivity index (χ3v) is 2.75. The molecule has 1 fully saturated rings. The molecular weight excluding hydrogens is 254 g/mol. The van der Waals surface area contributed by atoms with E-state index in [0.717, 1.165) is 17.0 Å². The fraction of sp³-hybridized carbons (Fsp3) is 0.364. The van der Waals surface area contributed by atoms with Gasteiger partial charge in [0.1, 0.15) is 5.82 Å². The summed E-state index contributed by atoms with van der Waals surface area (Å²) >= 11 is 0. The number of ether oxygens (including phenoxy) is 1. The van der Waals surface area contributed by atoms with E-state index in [4.69, 9.17) is 0 Å². The van der Waals surface area contributed by atoms with Gasteiger partial charge in [-0.3, -0.25) is 4.79 Å². The maximum atomic E-state index is 12.7. The lowest BCUT2D eigenvalue weighted by atomic mass is 10.1. The molecule has 1 aromatic rings. The van der Waals surface area contributed by atoms with Gasteiger partial charge in [0.2, 0.25) is 0 Å². The second kappa shape index (κ2) is 3.94. The van der Waals surface area contributed by atoms with Crippen molar-refractivity contribution < 1.29 is 27.1 Å². The zero-order valence-electron chi connectivity index (χ0n) is 9.29. The van der Waals surface area contributed by atoms with E-state index in [2.05, 4.69) is 4.74 Å². The zero-order valence-corrected chi connectivity index (χ0v) is 9.29. The minimum Gasteiger partial charge on any atom is -0.351 e. The molecule has 18 heavy (non-hydrogen) atoms. The Morgan fingerprint density at radius 1 is 1.33 bits per heavy atom. The van der Waals surface area contributed by atoms with Crippen molar-refractivity contribution in [2.45, 2.75) is 11.8 Å². The van der Waals surface area contributed by atoms with Gasteiger partial charge < -0.3 is 9.64 Å². The van der Waals surface area contributed by atoms with Crippen LogP contribution in [0.3, 0.4) is 0 Å². The number of hydrogen-bond donors (Lipinski definition) is 0. The van der Waals surface area contributed by atoms with E-state index in [1.54, 1.807) is 0 Å². The number of epoxide rings is 1. The number of alkyl halides is 3. The molecular formula is C11H9F4NO2. The minimum atomic E-state index is -4.75. The lowest BCUT2D eigenvalue weighted by molar-refractivity contribution is -0.187. The number of rotatable bonds is 2. The molecule has 1 atom stereocenters. The average molecular weight is 263 g/mol. The first-order valence-corrected chi connectivity index (χ1v) is 5.02. The number of amides is 1. The number of benzene rings is 1. The van der Waals surface area contributed by atoms with Gasteiger partial charge in [0.15, 0.2) is 0 Å². The van der Waals surface area contributed by atoms with Crippen molar-refractivity contribution in [3.8, 4) is 0 Å². The van der Waals surface area contributed by atoms with Gasteiger partial charge >= 0.3 is 6.18 Å². The molecule has 0 spiro atoms. The highest BCUT2D eigenvalue weighted by Gasteiger charge is 2.72. The third kappa shape index (κ3) is 1.94. The summed E-state index contributed by atoms with van der Waals surface area (Å²) in [6, 6.07) is 4.57. The number of anilines is 1. The van der Waals surface area contributed by atoms with Crippen molar-refractivity contribution in [1.29, 1.82) is 0 Å². The predicted molar refractivity (Wildman–Crippen MR) is 54.5 cm³/mol. The molecule has 0 N–H and O–H groups in total. The number of likely N-dealkylation sites (N-methyl/N-ethyl adjacent to an activating group) is 1. The van der Waals surface area contributed by atoms with Crippen LogP contribution in [0.4, 0.5) is 23.2 Å². The van der Waals surface area contributed by atoms with Gasteiger partial charge in [-0.25, -0.2) is 4.39 Å². The lowest BCUT2D eigenvalue weighted by Crippen LogP contribution is -2.48. The van der Waals surface area contributed by atoms with E-state index in [1.807, 2.05) is 0 Å². The topological polar surface area (TPSA) is 32.8 Å². The second-order valence-corrected chi connectivity index (χ2v) is 3.95. The van der Waals surface area contributed by atoms with Crippen molar-refractivity contribution >= 4 is 11.6 Å². The van der Waals surface area contributed by atoms with Gasteiger partial charge in [0.05, 0.1) is 6.61 Å². The number of carbonyl (C=O) groups is 1. The number of carbonyl (C=O) groups excluding carboxylic acids is 1. The van der Waals surface area contributed by atoms with Gasteiger partial charge in [-0.05, 0) is 24.3 Å². The molecule has 0 unspecified atom stereocenters. The van der Waals surface area contributed by atoms with Crippen LogP contribution in [0.25, 0.3) is 0 Å². The Morgan fingerprint density at radius 3 is 2.22 bits per heavy atom. The molecule has 1 heterocycles. The second-order valence-electron chi connectivity index (χ2n) is 3.95. The van der Waals surface area contributed by atoms with E-state index >= 15 is 0 Å². The normalized spacial score (nSPS) is 22.7. The van der Waals surface area contributed by atoms with Gasteiger partial charge in [0, 0.05) is 12.7 Å². The maximum absolute atomic E-state index is 12.7. The molecule has 3 nitrogen and oxygen atoms in total. The highest BCUT2D eigenvalue weighted by Crippen LogP contribution is 2.45. The number of hydrogen-bond acceptors (Lipinski definition) is 2. The fourth-order valence-electron chi connectivity index (χ4n) is 1.53. The first-order valence-electron chi connectivity index (χ1n) is 5.02. The van der Waals surface area contributed by atoms with Crippen molar-refractivity contribution in [3.05, 3.63) is 30.1 Å². The molecule has 1 amide bonds. The third-order valence-electron chi connectivity index (χ3n) is 2.75. The highest BCUT2D eigenvalue weighted by molar-refractivity contribution is 6.01.